The predicted octanol–water partition coefficient (Wildman–Crippen LogP) is 2.73. The molecule has 1 N–H and O–H groups in total. The number of hydrogen-bond acceptors (Lipinski definition) is 4. The molecule has 0 aromatic heterocycles. The average Bonchev–Trinajstić information content (AvgIpc) is 3.15. The van der Waals surface area contributed by atoms with Crippen LogP contribution < -0.4 is 5.32 Å². The van der Waals surface area contributed by atoms with Crippen LogP contribution in [0.3, 0.4) is 0 Å². The van der Waals surface area contributed by atoms with E-state index < -0.39 is 4.92 Å². The molecule has 2 heterocycles. The van der Waals surface area contributed by atoms with Crippen LogP contribution in [0.4, 0.5) is 5.69 Å². The highest BCUT2D eigenvalue weighted by molar-refractivity contribution is 5.80. The van der Waals surface area contributed by atoms with E-state index in [1.165, 1.54) is 12.1 Å². The Balaban J connectivity index is 1.70. The summed E-state index contributed by atoms with van der Waals surface area (Å²) >= 11 is 0. The molecule has 2 aliphatic rings. The topological polar surface area (TPSA) is 81.5 Å². The molecule has 2 bridgehead atoms. The van der Waals surface area contributed by atoms with Gasteiger partial charge in [0.1, 0.15) is 0 Å². The second-order valence-electron chi connectivity index (χ2n) is 6.04. The van der Waals surface area contributed by atoms with Gasteiger partial charge in [-0.15, -0.1) is 0 Å². The molecule has 0 aliphatic carbocycles. The quantitative estimate of drug-likeness (QED) is 0.670. The molecule has 3 rings (SSSR count). The lowest BCUT2D eigenvalue weighted by molar-refractivity contribution is -0.384. The molecule has 2 saturated heterocycles. The van der Waals surface area contributed by atoms with Crippen LogP contribution in [0.25, 0.3) is 0 Å². The fourth-order valence-electron chi connectivity index (χ4n) is 3.47. The first kappa shape index (κ1) is 15.0. The molecule has 6 nitrogen and oxygen atoms in total. The van der Waals surface area contributed by atoms with Crippen LogP contribution in [-0.2, 0) is 9.53 Å². The highest BCUT2D eigenvalue weighted by atomic mass is 16.6. The molecule has 118 valence electrons. The van der Waals surface area contributed by atoms with Gasteiger partial charge in [0.25, 0.3) is 5.69 Å². The highest BCUT2D eigenvalue weighted by Crippen LogP contribution is 2.39. The van der Waals surface area contributed by atoms with Gasteiger partial charge in [0.15, 0.2) is 0 Å². The average molecular weight is 304 g/mol. The van der Waals surface area contributed by atoms with Gasteiger partial charge in [-0.25, -0.2) is 0 Å². The van der Waals surface area contributed by atoms with Gasteiger partial charge in [-0.05, 0) is 31.2 Å². The lowest BCUT2D eigenvalue weighted by Crippen LogP contribution is -2.38. The number of nitro groups is 1. The van der Waals surface area contributed by atoms with Gasteiger partial charge in [-0.3, -0.25) is 14.9 Å². The highest BCUT2D eigenvalue weighted by Gasteiger charge is 2.44. The maximum Gasteiger partial charge on any atom is 0.269 e. The maximum absolute atomic E-state index is 12.5. The van der Waals surface area contributed by atoms with Crippen molar-refractivity contribution in [3.8, 4) is 0 Å². The van der Waals surface area contributed by atoms with E-state index in [0.717, 1.165) is 24.8 Å². The molecule has 1 amide bonds. The lowest BCUT2D eigenvalue weighted by atomic mass is 9.88. The Bertz CT molecular complexity index is 589. The second-order valence-corrected chi connectivity index (χ2v) is 6.04. The molecule has 2 aliphatic heterocycles. The van der Waals surface area contributed by atoms with Crippen molar-refractivity contribution in [1.82, 2.24) is 5.32 Å². The summed E-state index contributed by atoms with van der Waals surface area (Å²) in [6.45, 7) is 1.96. The van der Waals surface area contributed by atoms with E-state index in [9.17, 15) is 14.9 Å². The number of nitrogens with one attached hydrogen (secondary N) is 1. The third kappa shape index (κ3) is 2.83. The summed E-state index contributed by atoms with van der Waals surface area (Å²) in [5.41, 5.74) is 0.822. The number of amides is 1. The first-order valence-corrected chi connectivity index (χ1v) is 7.78. The zero-order valence-electron chi connectivity index (χ0n) is 12.5. The van der Waals surface area contributed by atoms with Gasteiger partial charge in [-0.1, -0.05) is 19.1 Å². The number of rotatable bonds is 5. The number of nitro benzene ring substituents is 1. The van der Waals surface area contributed by atoms with E-state index in [-0.39, 0.29) is 35.8 Å². The summed E-state index contributed by atoms with van der Waals surface area (Å²) < 4.78 is 5.73. The van der Waals surface area contributed by atoms with Crippen LogP contribution in [0.5, 0.6) is 0 Å². The number of nitrogens with zero attached hydrogens (tertiary/aromatic N) is 1. The molecule has 0 unspecified atom stereocenters. The van der Waals surface area contributed by atoms with Crippen LogP contribution in [0.15, 0.2) is 24.3 Å². The standard InChI is InChI=1S/C16H20N2O4/c1-2-14(10-4-3-5-11(8-10)18(20)21)17-16(19)13-9-12-6-7-15(13)22-12/h3-5,8,12-15H,2,6-7,9H2,1H3,(H,17,19)/t12-,13+,14-,15-/m1/s1. The van der Waals surface area contributed by atoms with Crippen molar-refractivity contribution >= 4 is 11.6 Å². The van der Waals surface area contributed by atoms with Gasteiger partial charge in [0, 0.05) is 12.1 Å². The fraction of sp³-hybridized carbons (Fsp3) is 0.562. The minimum atomic E-state index is -0.415. The summed E-state index contributed by atoms with van der Waals surface area (Å²) in [5.74, 6) is -0.0722. The smallest absolute Gasteiger partial charge is 0.269 e. The van der Waals surface area contributed by atoms with E-state index in [2.05, 4.69) is 5.32 Å². The zero-order valence-corrected chi connectivity index (χ0v) is 12.5. The van der Waals surface area contributed by atoms with E-state index in [4.69, 9.17) is 4.74 Å². The van der Waals surface area contributed by atoms with E-state index in [1.807, 2.05) is 13.0 Å². The van der Waals surface area contributed by atoms with Gasteiger partial charge in [0.2, 0.25) is 5.91 Å². The number of non-ortho nitro benzene ring substituents is 1. The molecular weight excluding hydrogens is 284 g/mol. The minimum absolute atomic E-state index is 0.00514. The van der Waals surface area contributed by atoms with Crippen molar-refractivity contribution in [2.24, 2.45) is 5.92 Å². The molecule has 0 radical (unpaired) electrons. The van der Waals surface area contributed by atoms with Crippen LogP contribution in [-0.4, -0.2) is 23.0 Å². The number of fused-ring (bicyclic) bond motifs is 2. The van der Waals surface area contributed by atoms with Gasteiger partial charge >= 0.3 is 0 Å². The molecular formula is C16H20N2O4. The minimum Gasteiger partial charge on any atom is -0.374 e. The van der Waals surface area contributed by atoms with E-state index >= 15 is 0 Å². The van der Waals surface area contributed by atoms with Crippen LogP contribution >= 0.6 is 0 Å². The first-order chi connectivity index (χ1) is 10.6. The first-order valence-electron chi connectivity index (χ1n) is 7.78. The van der Waals surface area contributed by atoms with Gasteiger partial charge < -0.3 is 10.1 Å². The van der Waals surface area contributed by atoms with E-state index in [0.29, 0.717) is 6.42 Å². The Morgan fingerprint density at radius 2 is 2.32 bits per heavy atom. The van der Waals surface area contributed by atoms with Crippen LogP contribution in [0.2, 0.25) is 0 Å². The molecule has 0 spiro atoms. The van der Waals surface area contributed by atoms with Gasteiger partial charge in [-0.2, -0.15) is 0 Å². The van der Waals surface area contributed by atoms with Crippen molar-refractivity contribution in [3.63, 3.8) is 0 Å². The molecule has 2 fully saturated rings. The summed E-state index contributed by atoms with van der Waals surface area (Å²) in [4.78, 5) is 22.9. The van der Waals surface area contributed by atoms with Crippen LogP contribution in [0, 0.1) is 16.0 Å². The van der Waals surface area contributed by atoms with Crippen molar-refractivity contribution in [1.29, 1.82) is 0 Å². The van der Waals surface area contributed by atoms with Crippen molar-refractivity contribution in [3.05, 3.63) is 39.9 Å². The monoisotopic (exact) mass is 304 g/mol. The van der Waals surface area contributed by atoms with E-state index in [1.54, 1.807) is 6.07 Å². The summed E-state index contributed by atoms with van der Waals surface area (Å²) in [5, 5.41) is 13.9. The fourth-order valence-corrected chi connectivity index (χ4v) is 3.47. The Labute approximate surface area is 129 Å². The predicted molar refractivity (Wildman–Crippen MR) is 80.3 cm³/mol. The second kappa shape index (κ2) is 6.04. The molecule has 22 heavy (non-hydrogen) atoms. The molecule has 0 saturated carbocycles. The summed E-state index contributed by atoms with van der Waals surface area (Å²) in [7, 11) is 0. The number of benzene rings is 1. The number of carbonyl (C=O) groups is 1. The Morgan fingerprint density at radius 1 is 1.50 bits per heavy atom. The number of carbonyl (C=O) groups excluding carboxylic acids is 1. The summed E-state index contributed by atoms with van der Waals surface area (Å²) in [6.07, 6.45) is 3.77. The Hall–Kier alpha value is -1.95. The third-order valence-corrected chi connectivity index (χ3v) is 4.65. The van der Waals surface area contributed by atoms with Crippen molar-refractivity contribution < 1.29 is 14.5 Å². The Morgan fingerprint density at radius 3 is 2.91 bits per heavy atom. The normalized spacial score (nSPS) is 27.6. The third-order valence-electron chi connectivity index (χ3n) is 4.65. The molecule has 4 atom stereocenters. The lowest BCUT2D eigenvalue weighted by Gasteiger charge is -2.23. The SMILES string of the molecule is CC[C@@H](NC(=O)[C@H]1C[C@H]2CC[C@H]1O2)c1cccc([N+](=O)[O-])c1. The van der Waals surface area contributed by atoms with Crippen LogP contribution in [0.1, 0.15) is 44.2 Å². The number of ether oxygens (including phenoxy) is 1. The Kier molecular flexibility index (Phi) is 4.11. The number of hydrogen-bond donors (Lipinski definition) is 1. The largest absolute Gasteiger partial charge is 0.374 e. The molecule has 6 heteroatoms. The van der Waals surface area contributed by atoms with Crippen molar-refractivity contribution in [2.45, 2.75) is 50.9 Å². The maximum atomic E-state index is 12.5. The molecule has 1 aromatic carbocycles. The molecule has 1 aromatic rings. The summed E-state index contributed by atoms with van der Waals surface area (Å²) in [6, 6.07) is 6.27. The zero-order chi connectivity index (χ0) is 15.7. The van der Waals surface area contributed by atoms with Gasteiger partial charge in [0.05, 0.1) is 29.1 Å². The van der Waals surface area contributed by atoms with Crippen molar-refractivity contribution in [2.75, 3.05) is 0 Å².